The molecule has 0 saturated carbocycles. The number of hydrogen-bond acceptors (Lipinski definition) is 9. The highest BCUT2D eigenvalue weighted by Crippen LogP contribution is 2.43. The highest BCUT2D eigenvalue weighted by atomic mass is 16.5. The average molecular weight is 782 g/mol. The van der Waals surface area contributed by atoms with Crippen LogP contribution in [0.3, 0.4) is 0 Å². The number of pyridine rings is 1. The van der Waals surface area contributed by atoms with E-state index in [0.29, 0.717) is 36.3 Å². The van der Waals surface area contributed by atoms with Gasteiger partial charge in [0.1, 0.15) is 17.6 Å². The highest BCUT2D eigenvalue weighted by Gasteiger charge is 2.44. The molecule has 0 unspecified atom stereocenters. The van der Waals surface area contributed by atoms with E-state index in [1.807, 2.05) is 108 Å². The fraction of sp³-hybridized carbons (Fsp3) is 0.188. The Morgan fingerprint density at radius 2 is 1.36 bits per heavy atom. The fourth-order valence-electron chi connectivity index (χ4n) is 8.31. The Bertz CT molecular complexity index is 2440. The summed E-state index contributed by atoms with van der Waals surface area (Å²) in [5.74, 6) is -0.513. The van der Waals surface area contributed by atoms with Gasteiger partial charge in [-0.2, -0.15) is 0 Å². The van der Waals surface area contributed by atoms with Gasteiger partial charge in [0.05, 0.1) is 12.7 Å². The van der Waals surface area contributed by atoms with Gasteiger partial charge < -0.3 is 4.74 Å². The molecule has 294 valence electrons. The van der Waals surface area contributed by atoms with Crippen molar-refractivity contribution < 1.29 is 19.1 Å². The van der Waals surface area contributed by atoms with E-state index in [0.717, 1.165) is 33.4 Å². The number of Topliss-reactive ketones (excluding diaryl/α,β-unsaturated/α-hetero) is 1. The summed E-state index contributed by atoms with van der Waals surface area (Å²) in [4.78, 5) is 45.7. The van der Waals surface area contributed by atoms with Gasteiger partial charge in [0, 0.05) is 30.9 Å². The molecule has 5 aromatic carbocycles. The zero-order chi connectivity index (χ0) is 40.8. The van der Waals surface area contributed by atoms with Crippen molar-refractivity contribution in [3.05, 3.63) is 192 Å². The van der Waals surface area contributed by atoms with E-state index in [2.05, 4.69) is 46.6 Å². The number of hydrazine groups is 1. The van der Waals surface area contributed by atoms with E-state index in [-0.39, 0.29) is 12.2 Å². The molecule has 2 atom stereocenters. The number of methoxy groups -OCH3 is 1. The Hall–Kier alpha value is -7.11. The van der Waals surface area contributed by atoms with Gasteiger partial charge in [-0.15, -0.1) is 5.10 Å². The standard InChI is InChI=1S/C48H43N7O4/c1-3-43(56)44(54(46(57)36-17-15-31-49-33-36)53-32-16-26-42(53)47(58)59-2)35-29-27-34(28-30-35)40-24-13-14-25-41(40)45-50-51-52-55(45)48(37-18-7-4-8-19-37,38-20-9-5-10-21-38)39-22-11-6-12-23-39/h4-15,17-25,27-31,33,42,44H,3,16,26,32H2,1-2H3/t42-,44-/m0/s1. The molecule has 1 saturated heterocycles. The summed E-state index contributed by atoms with van der Waals surface area (Å²) in [6.07, 6.45) is 4.37. The maximum absolute atomic E-state index is 14.4. The van der Waals surface area contributed by atoms with Crippen molar-refractivity contribution >= 4 is 17.7 Å². The van der Waals surface area contributed by atoms with Crippen LogP contribution in [0.1, 0.15) is 64.8 Å². The molecule has 1 aliphatic rings. The summed E-state index contributed by atoms with van der Waals surface area (Å²) in [7, 11) is 1.33. The summed E-state index contributed by atoms with van der Waals surface area (Å²) in [6.45, 7) is 2.18. The molecule has 0 bridgehead atoms. The zero-order valence-electron chi connectivity index (χ0n) is 32.8. The number of benzene rings is 5. The number of amides is 1. The number of nitrogens with zero attached hydrogens (tertiary/aromatic N) is 7. The molecule has 11 heteroatoms. The number of carbonyl (C=O) groups excluding carboxylic acids is 3. The second-order valence-electron chi connectivity index (χ2n) is 14.3. The third-order valence-corrected chi connectivity index (χ3v) is 11.1. The van der Waals surface area contributed by atoms with Crippen LogP contribution in [-0.2, 0) is 19.9 Å². The van der Waals surface area contributed by atoms with E-state index < -0.39 is 29.5 Å². The third-order valence-electron chi connectivity index (χ3n) is 11.1. The molecule has 1 fully saturated rings. The average Bonchev–Trinajstić information content (AvgIpc) is 4.01. The SMILES string of the molecule is CCC(=O)[C@H](c1ccc(-c2ccccc2-c2nnnn2C(c2ccccc2)(c2ccccc2)c2ccccc2)cc1)N(C(=O)c1cccnc1)N1CCC[C@H]1C(=O)OC. The fourth-order valence-corrected chi connectivity index (χ4v) is 8.31. The first-order valence-corrected chi connectivity index (χ1v) is 19.7. The Morgan fingerprint density at radius 3 is 1.92 bits per heavy atom. The van der Waals surface area contributed by atoms with E-state index >= 15 is 0 Å². The van der Waals surface area contributed by atoms with Gasteiger partial charge in [0.15, 0.2) is 11.6 Å². The summed E-state index contributed by atoms with van der Waals surface area (Å²) in [5.41, 5.74) is 5.42. The molecule has 2 aromatic heterocycles. The topological polar surface area (TPSA) is 123 Å². The lowest BCUT2D eigenvalue weighted by molar-refractivity contribution is -0.155. The van der Waals surface area contributed by atoms with Crippen LogP contribution >= 0.6 is 0 Å². The van der Waals surface area contributed by atoms with Crippen LogP contribution in [0.25, 0.3) is 22.5 Å². The second-order valence-corrected chi connectivity index (χ2v) is 14.3. The highest BCUT2D eigenvalue weighted by molar-refractivity contribution is 5.98. The van der Waals surface area contributed by atoms with Crippen LogP contribution < -0.4 is 0 Å². The minimum atomic E-state index is -1.02. The minimum Gasteiger partial charge on any atom is -0.468 e. The smallest absolute Gasteiger partial charge is 0.324 e. The Kier molecular flexibility index (Phi) is 11.3. The van der Waals surface area contributed by atoms with Crippen molar-refractivity contribution in [3.8, 4) is 22.5 Å². The van der Waals surface area contributed by atoms with Crippen molar-refractivity contribution in [2.45, 2.75) is 43.8 Å². The molecule has 0 N–H and O–H groups in total. The molecule has 11 nitrogen and oxygen atoms in total. The lowest BCUT2D eigenvalue weighted by Gasteiger charge is -2.40. The molecule has 0 spiro atoms. The number of hydrogen-bond donors (Lipinski definition) is 0. The number of carbonyl (C=O) groups is 3. The Morgan fingerprint density at radius 1 is 0.763 bits per heavy atom. The number of esters is 1. The van der Waals surface area contributed by atoms with Crippen LogP contribution in [0.2, 0.25) is 0 Å². The summed E-state index contributed by atoms with van der Waals surface area (Å²) in [6, 6.07) is 48.0. The van der Waals surface area contributed by atoms with Gasteiger partial charge >= 0.3 is 5.97 Å². The first-order valence-electron chi connectivity index (χ1n) is 19.7. The molecular formula is C48H43N7O4. The first-order chi connectivity index (χ1) is 29.0. The number of ketones is 1. The molecule has 59 heavy (non-hydrogen) atoms. The van der Waals surface area contributed by atoms with Crippen molar-refractivity contribution in [1.29, 1.82) is 0 Å². The lowest BCUT2D eigenvalue weighted by Crippen LogP contribution is -2.54. The monoisotopic (exact) mass is 781 g/mol. The molecule has 3 heterocycles. The van der Waals surface area contributed by atoms with Gasteiger partial charge in [0.2, 0.25) is 0 Å². The van der Waals surface area contributed by atoms with Crippen molar-refractivity contribution in [3.63, 3.8) is 0 Å². The number of aromatic nitrogens is 5. The summed E-state index contributed by atoms with van der Waals surface area (Å²) in [5, 5.41) is 16.9. The van der Waals surface area contributed by atoms with E-state index in [9.17, 15) is 14.4 Å². The van der Waals surface area contributed by atoms with E-state index in [1.54, 1.807) is 30.3 Å². The van der Waals surface area contributed by atoms with Crippen LogP contribution in [0.5, 0.6) is 0 Å². The molecule has 0 aliphatic carbocycles. The number of ether oxygens (including phenoxy) is 1. The van der Waals surface area contributed by atoms with Gasteiger partial charge in [0.25, 0.3) is 5.91 Å². The largest absolute Gasteiger partial charge is 0.468 e. The zero-order valence-corrected chi connectivity index (χ0v) is 32.8. The first kappa shape index (κ1) is 38.7. The minimum absolute atomic E-state index is 0.164. The summed E-state index contributed by atoms with van der Waals surface area (Å²) < 4.78 is 7.06. The molecule has 7 aromatic rings. The molecular weight excluding hydrogens is 739 g/mol. The normalized spacial score (nSPS) is 14.7. The molecule has 8 rings (SSSR count). The van der Waals surface area contributed by atoms with Crippen LogP contribution in [0, 0.1) is 0 Å². The lowest BCUT2D eigenvalue weighted by atomic mass is 9.77. The molecule has 1 amide bonds. The van der Waals surface area contributed by atoms with Gasteiger partial charge in [-0.1, -0.05) is 146 Å². The molecule has 1 aliphatic heterocycles. The van der Waals surface area contributed by atoms with E-state index in [4.69, 9.17) is 15.0 Å². The van der Waals surface area contributed by atoms with Crippen molar-refractivity contribution in [2.75, 3.05) is 13.7 Å². The second kappa shape index (κ2) is 17.2. The summed E-state index contributed by atoms with van der Waals surface area (Å²) >= 11 is 0. The predicted molar refractivity (Wildman–Crippen MR) is 223 cm³/mol. The van der Waals surface area contributed by atoms with Crippen LogP contribution in [0.4, 0.5) is 0 Å². The number of tetrazole rings is 1. The van der Waals surface area contributed by atoms with Gasteiger partial charge in [-0.3, -0.25) is 24.4 Å². The Balaban J connectivity index is 1.25. The van der Waals surface area contributed by atoms with Gasteiger partial charge in [-0.25, -0.2) is 9.69 Å². The number of rotatable bonds is 13. The van der Waals surface area contributed by atoms with E-state index in [1.165, 1.54) is 18.3 Å². The predicted octanol–water partition coefficient (Wildman–Crippen LogP) is 7.96. The maximum Gasteiger partial charge on any atom is 0.324 e. The van der Waals surface area contributed by atoms with Crippen molar-refractivity contribution in [1.82, 2.24) is 35.2 Å². The van der Waals surface area contributed by atoms with Crippen LogP contribution in [-0.4, -0.2) is 72.6 Å². The van der Waals surface area contributed by atoms with Crippen LogP contribution in [0.15, 0.2) is 164 Å². The quantitative estimate of drug-likeness (QED) is 0.0847. The maximum atomic E-state index is 14.4. The van der Waals surface area contributed by atoms with Gasteiger partial charge in [-0.05, 0) is 68.8 Å². The van der Waals surface area contributed by atoms with Crippen molar-refractivity contribution in [2.24, 2.45) is 0 Å². The molecule has 0 radical (unpaired) electrons. The third kappa shape index (κ3) is 7.21. The Labute approximate surface area is 342 Å².